The number of aryl methyl sites for hydroxylation is 1. The molecule has 19 heavy (non-hydrogen) atoms. The number of aromatic nitrogens is 3. The van der Waals surface area contributed by atoms with E-state index in [1.165, 1.54) is 14.0 Å². The van der Waals surface area contributed by atoms with E-state index in [1.54, 1.807) is 0 Å². The summed E-state index contributed by atoms with van der Waals surface area (Å²) in [7, 11) is 1.32. The maximum Gasteiger partial charge on any atom is 0.480 e. The van der Waals surface area contributed by atoms with Gasteiger partial charge in [0.25, 0.3) is 6.23 Å². The van der Waals surface area contributed by atoms with E-state index in [0.29, 0.717) is 0 Å². The Morgan fingerprint density at radius 3 is 2.68 bits per heavy atom. The van der Waals surface area contributed by atoms with E-state index in [1.807, 2.05) is 0 Å². The van der Waals surface area contributed by atoms with Crippen molar-refractivity contribution in [3.8, 4) is 6.01 Å². The fourth-order valence-electron chi connectivity index (χ4n) is 1.90. The zero-order chi connectivity index (χ0) is 14.2. The Labute approximate surface area is 108 Å². The molecule has 1 aliphatic rings. The van der Waals surface area contributed by atoms with Gasteiger partial charge < -0.3 is 24.8 Å². The fourth-order valence-corrected chi connectivity index (χ4v) is 1.90. The highest BCUT2D eigenvalue weighted by atomic mass is 16.6. The van der Waals surface area contributed by atoms with Crippen LogP contribution in [0.2, 0.25) is 0 Å². The van der Waals surface area contributed by atoms with Crippen LogP contribution in [0.3, 0.4) is 0 Å². The maximum absolute atomic E-state index is 11.4. The van der Waals surface area contributed by atoms with Gasteiger partial charge in [-0.1, -0.05) is 9.78 Å². The van der Waals surface area contributed by atoms with Crippen LogP contribution in [0.5, 0.6) is 6.01 Å². The van der Waals surface area contributed by atoms with Gasteiger partial charge in [0.2, 0.25) is 0 Å². The van der Waals surface area contributed by atoms with Crippen molar-refractivity contribution < 1.29 is 29.5 Å². The minimum absolute atomic E-state index is 0.0227. The molecule has 2 heterocycles. The van der Waals surface area contributed by atoms with Crippen LogP contribution in [0.25, 0.3) is 0 Å². The van der Waals surface area contributed by atoms with Gasteiger partial charge in [0, 0.05) is 0 Å². The summed E-state index contributed by atoms with van der Waals surface area (Å²) in [6, 6.07) is -0.0227. The number of hydrogen-bond donors (Lipinski definition) is 4. The Kier molecular flexibility index (Phi) is 3.80. The SMILES string of the molecule is COc1[nH]c(=O)c(C)n[n+]1[C@@H]1O[C@H](CO)[C@@H](O)[C@@H]1O. The molecule has 0 aromatic carbocycles. The van der Waals surface area contributed by atoms with Crippen LogP contribution in [0.4, 0.5) is 0 Å². The van der Waals surface area contributed by atoms with Gasteiger partial charge in [0.05, 0.1) is 13.7 Å². The zero-order valence-electron chi connectivity index (χ0n) is 10.5. The molecule has 9 heteroatoms. The summed E-state index contributed by atoms with van der Waals surface area (Å²) in [6.45, 7) is 1.04. The van der Waals surface area contributed by atoms with Gasteiger partial charge >= 0.3 is 11.6 Å². The van der Waals surface area contributed by atoms with E-state index in [4.69, 9.17) is 14.6 Å². The van der Waals surface area contributed by atoms with Crippen LogP contribution >= 0.6 is 0 Å². The Morgan fingerprint density at radius 2 is 2.16 bits per heavy atom. The van der Waals surface area contributed by atoms with Crippen LogP contribution in [-0.2, 0) is 4.74 Å². The first kappa shape index (κ1) is 13.9. The molecule has 1 fully saturated rings. The van der Waals surface area contributed by atoms with Crippen LogP contribution in [0.15, 0.2) is 4.79 Å². The third kappa shape index (κ3) is 2.32. The summed E-state index contributed by atoms with van der Waals surface area (Å²) >= 11 is 0. The molecule has 0 spiro atoms. The van der Waals surface area contributed by atoms with Crippen molar-refractivity contribution in [3.63, 3.8) is 0 Å². The van der Waals surface area contributed by atoms with E-state index in [0.717, 1.165) is 4.68 Å². The zero-order valence-corrected chi connectivity index (χ0v) is 10.5. The molecule has 2 rings (SSSR count). The van der Waals surface area contributed by atoms with E-state index in [-0.39, 0.29) is 11.7 Å². The lowest BCUT2D eigenvalue weighted by Crippen LogP contribution is -2.52. The number of H-pyrrole nitrogens is 1. The molecule has 0 bridgehead atoms. The van der Waals surface area contributed by atoms with Crippen LogP contribution in [0.1, 0.15) is 11.9 Å². The van der Waals surface area contributed by atoms with E-state index in [9.17, 15) is 15.0 Å². The molecule has 1 aromatic heterocycles. The number of nitrogens with one attached hydrogen (secondary N) is 1. The highest BCUT2D eigenvalue weighted by Gasteiger charge is 2.48. The summed E-state index contributed by atoms with van der Waals surface area (Å²) in [5.41, 5.74) is -0.279. The topological polar surface area (TPSA) is 129 Å². The Bertz CT molecular complexity index is 518. The van der Waals surface area contributed by atoms with Gasteiger partial charge in [-0.05, 0) is 6.92 Å². The van der Waals surface area contributed by atoms with Gasteiger partial charge in [-0.25, -0.2) is 4.79 Å². The van der Waals surface area contributed by atoms with Gasteiger partial charge in [-0.2, -0.15) is 4.98 Å². The standard InChI is InChI=1S/C10H15N3O6/c1-4-8(17)11-10(18-2)13(12-4)9-7(16)6(15)5(3-14)19-9/h5-7,9,14-16H,3H2,1-2H3/p+1/t5-,6-,7+,9-/m1/s1. The predicted octanol–water partition coefficient (Wildman–Crippen LogP) is -3.01. The molecule has 0 radical (unpaired) electrons. The molecular weight excluding hydrogens is 258 g/mol. The Balaban J connectivity index is 2.42. The van der Waals surface area contributed by atoms with Crippen molar-refractivity contribution >= 4 is 0 Å². The van der Waals surface area contributed by atoms with Gasteiger partial charge in [0.1, 0.15) is 12.2 Å². The number of aliphatic hydroxyl groups is 3. The second-order valence-electron chi connectivity index (χ2n) is 4.22. The maximum atomic E-state index is 11.4. The molecule has 106 valence electrons. The van der Waals surface area contributed by atoms with Gasteiger partial charge in [-0.3, -0.25) is 0 Å². The number of nitrogens with zero attached hydrogens (tertiary/aromatic N) is 2. The van der Waals surface area contributed by atoms with Crippen molar-refractivity contribution in [3.05, 3.63) is 16.0 Å². The molecule has 1 saturated heterocycles. The normalized spacial score (nSPS) is 30.6. The molecule has 4 N–H and O–H groups in total. The summed E-state index contributed by atoms with van der Waals surface area (Å²) in [5.74, 6) is 0. The smallest absolute Gasteiger partial charge is 0.433 e. The Morgan fingerprint density at radius 1 is 1.47 bits per heavy atom. The summed E-state index contributed by atoms with van der Waals surface area (Å²) in [4.78, 5) is 13.9. The molecule has 0 unspecified atom stereocenters. The largest absolute Gasteiger partial charge is 0.480 e. The van der Waals surface area contributed by atoms with Crippen molar-refractivity contribution in [2.24, 2.45) is 0 Å². The van der Waals surface area contributed by atoms with Crippen LogP contribution < -0.4 is 15.0 Å². The summed E-state index contributed by atoms with van der Waals surface area (Å²) in [5, 5.41) is 32.6. The first-order valence-corrected chi connectivity index (χ1v) is 5.68. The van der Waals surface area contributed by atoms with Crippen molar-refractivity contribution in [2.45, 2.75) is 31.5 Å². The first-order valence-electron chi connectivity index (χ1n) is 5.68. The van der Waals surface area contributed by atoms with E-state index in [2.05, 4.69) is 10.1 Å². The summed E-state index contributed by atoms with van der Waals surface area (Å²) in [6.07, 6.45) is -4.53. The van der Waals surface area contributed by atoms with Crippen LogP contribution in [0, 0.1) is 6.92 Å². The molecule has 9 nitrogen and oxygen atoms in total. The average molecular weight is 274 g/mol. The van der Waals surface area contributed by atoms with E-state index < -0.39 is 36.7 Å². The number of rotatable bonds is 3. The van der Waals surface area contributed by atoms with Crippen molar-refractivity contribution in [1.82, 2.24) is 10.1 Å². The molecule has 0 saturated carbocycles. The molecule has 1 aliphatic heterocycles. The van der Waals surface area contributed by atoms with Crippen molar-refractivity contribution in [2.75, 3.05) is 13.7 Å². The molecule has 4 atom stereocenters. The average Bonchev–Trinajstić information content (AvgIpc) is 2.69. The highest BCUT2D eigenvalue weighted by Crippen LogP contribution is 2.25. The molecule has 1 aromatic rings. The molecular formula is C10H16N3O6+. The lowest BCUT2D eigenvalue weighted by molar-refractivity contribution is -0.819. The van der Waals surface area contributed by atoms with Crippen molar-refractivity contribution in [1.29, 1.82) is 0 Å². The quantitative estimate of drug-likeness (QED) is 0.432. The molecule has 0 amide bonds. The third-order valence-corrected chi connectivity index (χ3v) is 2.97. The minimum Gasteiger partial charge on any atom is -0.433 e. The van der Waals surface area contributed by atoms with Gasteiger partial charge in [0.15, 0.2) is 11.8 Å². The van der Waals surface area contributed by atoms with E-state index >= 15 is 0 Å². The number of methoxy groups -OCH3 is 1. The first-order chi connectivity index (χ1) is 8.99. The highest BCUT2D eigenvalue weighted by molar-refractivity contribution is 4.92. The minimum atomic E-state index is -1.30. The lowest BCUT2D eigenvalue weighted by atomic mass is 10.1. The third-order valence-electron chi connectivity index (χ3n) is 2.97. The van der Waals surface area contributed by atoms with Gasteiger partial charge in [-0.15, -0.1) is 0 Å². The number of aliphatic hydroxyl groups excluding tert-OH is 3. The predicted molar refractivity (Wildman–Crippen MR) is 59.4 cm³/mol. The van der Waals surface area contributed by atoms with Crippen LogP contribution in [-0.4, -0.2) is 57.4 Å². The second kappa shape index (κ2) is 5.21. The monoisotopic (exact) mass is 274 g/mol. The number of aromatic amines is 1. The lowest BCUT2D eigenvalue weighted by Gasteiger charge is -2.12. The second-order valence-corrected chi connectivity index (χ2v) is 4.22. The Hall–Kier alpha value is -1.55. The molecule has 0 aliphatic carbocycles. The number of ether oxygens (including phenoxy) is 2. The summed E-state index contributed by atoms with van der Waals surface area (Å²) < 4.78 is 11.4. The fraction of sp³-hybridized carbons (Fsp3) is 0.700. The number of hydrogen-bond acceptors (Lipinski definition) is 7.